The topological polar surface area (TPSA) is 109 Å². The smallest absolute Gasteiger partial charge is 0.239 e. The molecule has 0 aliphatic carbocycles. The lowest BCUT2D eigenvalue weighted by Gasteiger charge is -2.26. The van der Waals surface area contributed by atoms with Gasteiger partial charge in [0.05, 0.1) is 0 Å². The van der Waals surface area contributed by atoms with Crippen LogP contribution in [-0.2, 0) is 29.3 Å². The molecule has 0 atom stereocenters. The van der Waals surface area contributed by atoms with Crippen molar-refractivity contribution in [2.24, 2.45) is 0 Å². The highest BCUT2D eigenvalue weighted by Gasteiger charge is 2.36. The van der Waals surface area contributed by atoms with Gasteiger partial charge in [0.2, 0.25) is 11.8 Å². The fraction of sp³-hybridized carbons (Fsp3) is 0.500. The molecule has 0 aromatic heterocycles. The van der Waals surface area contributed by atoms with Gasteiger partial charge in [0.15, 0.2) is 19.7 Å². The molecule has 1 rings (SSSR count). The SMILES string of the molecule is C=CS(=O)(=O)CC(=O)N1CCN(C(=O)CS(=O)(=O)C=C)C1C. The van der Waals surface area contributed by atoms with Crippen molar-refractivity contribution in [2.45, 2.75) is 13.1 Å². The molecule has 1 aliphatic heterocycles. The molecule has 1 fully saturated rings. The van der Waals surface area contributed by atoms with Crippen LogP contribution < -0.4 is 0 Å². The van der Waals surface area contributed by atoms with E-state index in [0.29, 0.717) is 10.8 Å². The Kier molecular flexibility index (Phi) is 5.52. The van der Waals surface area contributed by atoms with Crippen molar-refractivity contribution in [3.05, 3.63) is 24.0 Å². The zero-order chi connectivity index (χ0) is 17.1. The minimum absolute atomic E-state index is 0.145. The van der Waals surface area contributed by atoms with Gasteiger partial charge in [0, 0.05) is 23.9 Å². The number of carbonyl (C=O) groups is 2. The van der Waals surface area contributed by atoms with Crippen LogP contribution in [0.3, 0.4) is 0 Å². The number of hydrogen-bond acceptors (Lipinski definition) is 6. The molecule has 8 nitrogen and oxygen atoms in total. The minimum atomic E-state index is -3.69. The Morgan fingerprint density at radius 2 is 1.27 bits per heavy atom. The molecule has 0 unspecified atom stereocenters. The first-order valence-electron chi connectivity index (χ1n) is 6.32. The second-order valence-electron chi connectivity index (χ2n) is 4.75. The van der Waals surface area contributed by atoms with E-state index in [-0.39, 0.29) is 13.1 Å². The first-order valence-corrected chi connectivity index (χ1v) is 9.75. The van der Waals surface area contributed by atoms with Crippen LogP contribution in [0.5, 0.6) is 0 Å². The summed E-state index contributed by atoms with van der Waals surface area (Å²) in [5.41, 5.74) is 0. The summed E-state index contributed by atoms with van der Waals surface area (Å²) in [5.74, 6) is -2.77. The van der Waals surface area contributed by atoms with Gasteiger partial charge in [-0.15, -0.1) is 0 Å². The number of rotatable bonds is 6. The van der Waals surface area contributed by atoms with Gasteiger partial charge in [0.1, 0.15) is 17.7 Å². The molecule has 0 spiro atoms. The van der Waals surface area contributed by atoms with E-state index in [1.165, 1.54) is 16.7 Å². The maximum absolute atomic E-state index is 12.0. The monoisotopic (exact) mass is 350 g/mol. The van der Waals surface area contributed by atoms with Crippen LogP contribution >= 0.6 is 0 Å². The highest BCUT2D eigenvalue weighted by atomic mass is 32.2. The Balaban J connectivity index is 2.79. The van der Waals surface area contributed by atoms with Crippen molar-refractivity contribution in [1.82, 2.24) is 9.80 Å². The van der Waals surface area contributed by atoms with Crippen molar-refractivity contribution >= 4 is 31.5 Å². The number of sulfone groups is 2. The number of nitrogens with zero attached hydrogens (tertiary/aromatic N) is 2. The van der Waals surface area contributed by atoms with Gasteiger partial charge in [-0.3, -0.25) is 9.59 Å². The number of hydrogen-bond donors (Lipinski definition) is 0. The average molecular weight is 350 g/mol. The minimum Gasteiger partial charge on any atom is -0.320 e. The maximum atomic E-state index is 12.0. The van der Waals surface area contributed by atoms with Crippen molar-refractivity contribution < 1.29 is 26.4 Å². The zero-order valence-corrected chi connectivity index (χ0v) is 13.8. The van der Waals surface area contributed by atoms with Gasteiger partial charge < -0.3 is 9.80 Å². The Hall–Kier alpha value is -1.68. The van der Waals surface area contributed by atoms with Gasteiger partial charge in [-0.05, 0) is 6.92 Å². The molecule has 10 heteroatoms. The van der Waals surface area contributed by atoms with Gasteiger partial charge in [-0.2, -0.15) is 0 Å². The Morgan fingerprint density at radius 3 is 1.55 bits per heavy atom. The third-order valence-electron chi connectivity index (χ3n) is 3.28. The number of carbonyl (C=O) groups excluding carboxylic acids is 2. The predicted octanol–water partition coefficient (Wildman–Crippen LogP) is -0.880. The summed E-state index contributed by atoms with van der Waals surface area (Å²) in [6.45, 7) is 8.07. The fourth-order valence-electron chi connectivity index (χ4n) is 2.05. The van der Waals surface area contributed by atoms with Crippen LogP contribution in [0, 0.1) is 0 Å². The quantitative estimate of drug-likeness (QED) is 0.615. The third-order valence-corrected chi connectivity index (χ3v) is 5.60. The summed E-state index contributed by atoms with van der Waals surface area (Å²) < 4.78 is 45.5. The lowest BCUT2D eigenvalue weighted by Crippen LogP contribution is -2.45. The van der Waals surface area contributed by atoms with E-state index in [1.807, 2.05) is 0 Å². The van der Waals surface area contributed by atoms with E-state index in [1.54, 1.807) is 0 Å². The highest BCUT2D eigenvalue weighted by Crippen LogP contribution is 2.16. The van der Waals surface area contributed by atoms with Gasteiger partial charge in [0.25, 0.3) is 0 Å². The summed E-state index contributed by atoms with van der Waals surface area (Å²) in [5, 5.41) is 1.40. The largest absolute Gasteiger partial charge is 0.320 e. The van der Waals surface area contributed by atoms with Gasteiger partial charge >= 0.3 is 0 Å². The molecule has 0 aromatic carbocycles. The Labute approximate surface area is 129 Å². The van der Waals surface area contributed by atoms with E-state index >= 15 is 0 Å². The lowest BCUT2D eigenvalue weighted by atomic mass is 10.4. The first kappa shape index (κ1) is 18.4. The summed E-state index contributed by atoms with van der Waals surface area (Å²) in [7, 11) is -7.38. The van der Waals surface area contributed by atoms with Crippen LogP contribution in [-0.4, -0.2) is 69.2 Å². The predicted molar refractivity (Wildman–Crippen MR) is 80.9 cm³/mol. The van der Waals surface area contributed by atoms with Crippen LogP contribution in [0.4, 0.5) is 0 Å². The molecule has 0 N–H and O–H groups in total. The zero-order valence-electron chi connectivity index (χ0n) is 12.1. The molecular weight excluding hydrogens is 332 g/mol. The van der Waals surface area contributed by atoms with E-state index in [4.69, 9.17) is 0 Å². The molecular formula is C12H18N2O6S2. The van der Waals surface area contributed by atoms with Crippen molar-refractivity contribution in [3.63, 3.8) is 0 Å². The van der Waals surface area contributed by atoms with E-state index in [2.05, 4.69) is 13.2 Å². The average Bonchev–Trinajstić information content (AvgIpc) is 2.80. The Morgan fingerprint density at radius 1 is 0.955 bits per heavy atom. The van der Waals surface area contributed by atoms with Crippen LogP contribution in [0.1, 0.15) is 6.92 Å². The fourth-order valence-corrected chi connectivity index (χ4v) is 3.31. The molecule has 1 heterocycles. The molecule has 1 aliphatic rings. The standard InChI is InChI=1S/C12H18N2O6S2/c1-4-21(17,18)8-11(15)13-6-7-14(10(13)3)12(16)9-22(19,20)5-2/h4-5,10H,1-2,6-9H2,3H3. The molecule has 0 bridgehead atoms. The van der Waals surface area contributed by atoms with E-state index in [9.17, 15) is 26.4 Å². The van der Waals surface area contributed by atoms with Gasteiger partial charge in [-0.1, -0.05) is 13.2 Å². The first-order chi connectivity index (χ1) is 10.0. The molecule has 124 valence electrons. The van der Waals surface area contributed by atoms with Crippen LogP contribution in [0.25, 0.3) is 0 Å². The van der Waals surface area contributed by atoms with Crippen LogP contribution in [0.2, 0.25) is 0 Å². The van der Waals surface area contributed by atoms with Crippen molar-refractivity contribution in [1.29, 1.82) is 0 Å². The summed E-state index contributed by atoms with van der Waals surface area (Å²) in [4.78, 5) is 26.4. The number of amides is 2. The molecule has 0 radical (unpaired) electrons. The van der Waals surface area contributed by atoms with Crippen molar-refractivity contribution in [2.75, 3.05) is 24.6 Å². The second-order valence-corrected chi connectivity index (χ2v) is 8.65. The second kappa shape index (κ2) is 6.61. The highest BCUT2D eigenvalue weighted by molar-refractivity contribution is 7.95. The van der Waals surface area contributed by atoms with Crippen molar-refractivity contribution in [3.8, 4) is 0 Å². The normalized spacial score (nSPS) is 16.6. The summed E-state index contributed by atoms with van der Waals surface area (Å²) in [6, 6.07) is 0. The summed E-state index contributed by atoms with van der Waals surface area (Å²) in [6.07, 6.45) is -0.708. The molecule has 0 aromatic rings. The summed E-state index contributed by atoms with van der Waals surface area (Å²) >= 11 is 0. The molecule has 1 saturated heterocycles. The maximum Gasteiger partial charge on any atom is 0.239 e. The van der Waals surface area contributed by atoms with Gasteiger partial charge in [-0.25, -0.2) is 16.8 Å². The Bertz CT molecular complexity index is 635. The third kappa shape index (κ3) is 4.41. The van der Waals surface area contributed by atoms with E-state index in [0.717, 1.165) is 0 Å². The molecule has 22 heavy (non-hydrogen) atoms. The van der Waals surface area contributed by atoms with Crippen LogP contribution in [0.15, 0.2) is 24.0 Å². The van der Waals surface area contributed by atoms with E-state index < -0.39 is 49.2 Å². The molecule has 2 amide bonds. The lowest BCUT2D eigenvalue weighted by molar-refractivity contribution is -0.135. The molecule has 0 saturated carbocycles.